The Balaban J connectivity index is 2.16. The summed E-state index contributed by atoms with van der Waals surface area (Å²) in [5, 5.41) is 18.4. The molecule has 1 heterocycles. The van der Waals surface area contributed by atoms with Crippen molar-refractivity contribution in [3.05, 3.63) is 52.6 Å². The molecule has 0 saturated carbocycles. The highest BCUT2D eigenvalue weighted by atomic mass is 35.5. The van der Waals surface area contributed by atoms with Crippen LogP contribution in [0.2, 0.25) is 5.02 Å². The van der Waals surface area contributed by atoms with E-state index in [2.05, 4.69) is 4.98 Å². The largest absolute Gasteiger partial charge is 0.505 e. The van der Waals surface area contributed by atoms with Crippen LogP contribution in [-0.4, -0.2) is 21.2 Å². The average molecular weight is 298 g/mol. The fraction of sp³-hybridized carbons (Fsp3) is 0.0769. The van der Waals surface area contributed by atoms with Crippen molar-refractivity contribution in [1.29, 1.82) is 0 Å². The maximum atomic E-state index is 13.5. The summed E-state index contributed by atoms with van der Waals surface area (Å²) in [6.07, 6.45) is 1.12. The second kappa shape index (κ2) is 5.75. The number of nitrogens with zero attached hydrogens (tertiary/aromatic N) is 1. The summed E-state index contributed by atoms with van der Waals surface area (Å²) in [5.41, 5.74) is -0.322. The van der Waals surface area contributed by atoms with E-state index in [4.69, 9.17) is 21.4 Å². The third-order valence-corrected chi connectivity index (χ3v) is 2.84. The van der Waals surface area contributed by atoms with E-state index < -0.39 is 23.2 Å². The van der Waals surface area contributed by atoms with Gasteiger partial charge in [0.25, 0.3) is 0 Å². The van der Waals surface area contributed by atoms with Crippen LogP contribution in [0.25, 0.3) is 0 Å². The van der Waals surface area contributed by atoms with Gasteiger partial charge in [-0.1, -0.05) is 17.7 Å². The number of carboxylic acids is 1. The minimum absolute atomic E-state index is 0.104. The zero-order valence-corrected chi connectivity index (χ0v) is 10.8. The van der Waals surface area contributed by atoms with Crippen LogP contribution in [0.1, 0.15) is 16.1 Å². The molecule has 0 bridgehead atoms. The number of carbonyl (C=O) groups is 1. The minimum atomic E-state index is -1.36. The van der Waals surface area contributed by atoms with Gasteiger partial charge in [0.15, 0.2) is 11.4 Å². The number of ether oxygens (including phenoxy) is 1. The van der Waals surface area contributed by atoms with Gasteiger partial charge < -0.3 is 14.9 Å². The third-order valence-electron chi connectivity index (χ3n) is 2.49. The van der Waals surface area contributed by atoms with Crippen LogP contribution in [0.15, 0.2) is 30.5 Å². The highest BCUT2D eigenvalue weighted by molar-refractivity contribution is 6.31. The molecule has 2 N–H and O–H groups in total. The summed E-state index contributed by atoms with van der Waals surface area (Å²) < 4.78 is 18.7. The minimum Gasteiger partial charge on any atom is -0.505 e. The molecule has 2 aromatic rings. The van der Waals surface area contributed by atoms with Crippen LogP contribution in [0, 0.1) is 5.82 Å². The van der Waals surface area contributed by atoms with Crippen LogP contribution in [0.4, 0.5) is 4.39 Å². The zero-order valence-electron chi connectivity index (χ0n) is 10.0. The lowest BCUT2D eigenvalue weighted by Crippen LogP contribution is -2.03. The van der Waals surface area contributed by atoms with Gasteiger partial charge in [-0.2, -0.15) is 0 Å². The van der Waals surface area contributed by atoms with Crippen molar-refractivity contribution in [2.24, 2.45) is 0 Å². The molecule has 104 valence electrons. The molecular weight excluding hydrogens is 289 g/mol. The molecule has 0 aliphatic carbocycles. The number of benzene rings is 1. The number of aromatic nitrogens is 1. The Morgan fingerprint density at radius 1 is 1.45 bits per heavy atom. The molecule has 0 amide bonds. The first-order valence-corrected chi connectivity index (χ1v) is 5.85. The SMILES string of the molecule is O=C(O)c1ncc(OCc2c(F)cccc2Cl)cc1O. The first-order chi connectivity index (χ1) is 9.49. The van der Waals surface area contributed by atoms with E-state index in [9.17, 15) is 14.3 Å². The number of hydrogen-bond donors (Lipinski definition) is 2. The highest BCUT2D eigenvalue weighted by Gasteiger charge is 2.13. The van der Waals surface area contributed by atoms with E-state index in [-0.39, 0.29) is 22.9 Å². The standard InChI is InChI=1S/C13H9ClFNO4/c14-9-2-1-3-10(15)8(9)6-20-7-4-11(17)12(13(18)19)16-5-7/h1-5,17H,6H2,(H,18,19). The lowest BCUT2D eigenvalue weighted by molar-refractivity contribution is 0.0687. The molecule has 0 saturated heterocycles. The molecule has 1 aromatic carbocycles. The second-order valence-corrected chi connectivity index (χ2v) is 4.24. The predicted octanol–water partition coefficient (Wildman–Crippen LogP) is 2.86. The molecule has 0 atom stereocenters. The van der Waals surface area contributed by atoms with Crippen molar-refractivity contribution >= 4 is 17.6 Å². The van der Waals surface area contributed by atoms with Gasteiger partial charge in [0, 0.05) is 11.6 Å². The smallest absolute Gasteiger partial charge is 0.358 e. The molecule has 0 aliphatic heterocycles. The second-order valence-electron chi connectivity index (χ2n) is 3.83. The Bertz CT molecular complexity index is 643. The molecule has 1 aromatic heterocycles. The van der Waals surface area contributed by atoms with Crippen molar-refractivity contribution in [1.82, 2.24) is 4.98 Å². The molecule has 0 spiro atoms. The number of halogens is 2. The quantitative estimate of drug-likeness (QED) is 0.907. The van der Waals surface area contributed by atoms with E-state index in [0.29, 0.717) is 0 Å². The van der Waals surface area contributed by atoms with Crippen LogP contribution in [0.3, 0.4) is 0 Å². The van der Waals surface area contributed by atoms with Gasteiger partial charge >= 0.3 is 5.97 Å². The molecule has 0 aliphatic rings. The van der Waals surface area contributed by atoms with E-state index in [1.54, 1.807) is 0 Å². The van der Waals surface area contributed by atoms with Crippen LogP contribution in [-0.2, 0) is 6.61 Å². The fourth-order valence-electron chi connectivity index (χ4n) is 1.50. The summed E-state index contributed by atoms with van der Waals surface area (Å²) >= 11 is 5.83. The van der Waals surface area contributed by atoms with E-state index >= 15 is 0 Å². The number of aromatic hydroxyl groups is 1. The maximum absolute atomic E-state index is 13.5. The maximum Gasteiger partial charge on any atom is 0.358 e. The lowest BCUT2D eigenvalue weighted by atomic mass is 10.2. The molecule has 20 heavy (non-hydrogen) atoms. The van der Waals surface area contributed by atoms with Crippen LogP contribution in [0.5, 0.6) is 11.5 Å². The van der Waals surface area contributed by atoms with Gasteiger partial charge in [0.05, 0.1) is 11.2 Å². The molecular formula is C13H9ClFNO4. The topological polar surface area (TPSA) is 79.7 Å². The summed E-state index contributed by atoms with van der Waals surface area (Å²) in [7, 11) is 0. The Hall–Kier alpha value is -2.34. The zero-order chi connectivity index (χ0) is 14.7. The number of aromatic carboxylic acids is 1. The van der Waals surface area contributed by atoms with Gasteiger partial charge in [0.1, 0.15) is 18.2 Å². The van der Waals surface area contributed by atoms with E-state index in [1.807, 2.05) is 0 Å². The fourth-order valence-corrected chi connectivity index (χ4v) is 1.72. The third kappa shape index (κ3) is 2.97. The normalized spacial score (nSPS) is 10.3. The van der Waals surface area contributed by atoms with Crippen molar-refractivity contribution in [3.63, 3.8) is 0 Å². The van der Waals surface area contributed by atoms with Crippen LogP contribution < -0.4 is 4.74 Å². The van der Waals surface area contributed by atoms with Crippen molar-refractivity contribution in [2.45, 2.75) is 6.61 Å². The Labute approximate surface area is 118 Å². The molecule has 7 heteroatoms. The molecule has 0 fully saturated rings. The molecule has 2 rings (SSSR count). The van der Waals surface area contributed by atoms with Crippen molar-refractivity contribution in [2.75, 3.05) is 0 Å². The number of carboxylic acid groups (broad SMARTS) is 1. The summed E-state index contributed by atoms with van der Waals surface area (Å²) in [6.45, 7) is -0.168. The van der Waals surface area contributed by atoms with Crippen LogP contribution >= 0.6 is 11.6 Å². The Morgan fingerprint density at radius 3 is 2.80 bits per heavy atom. The first kappa shape index (κ1) is 14.1. The van der Waals surface area contributed by atoms with Gasteiger partial charge in [-0.25, -0.2) is 14.2 Å². The molecule has 0 unspecified atom stereocenters. The Morgan fingerprint density at radius 2 is 2.20 bits per heavy atom. The number of hydrogen-bond acceptors (Lipinski definition) is 4. The first-order valence-electron chi connectivity index (χ1n) is 5.47. The van der Waals surface area contributed by atoms with Crippen molar-refractivity contribution in [3.8, 4) is 11.5 Å². The van der Waals surface area contributed by atoms with Crippen molar-refractivity contribution < 1.29 is 24.1 Å². The summed E-state index contributed by atoms with van der Waals surface area (Å²) in [4.78, 5) is 14.2. The monoisotopic (exact) mass is 297 g/mol. The summed E-state index contributed by atoms with van der Waals surface area (Å²) in [5.74, 6) is -2.30. The predicted molar refractivity (Wildman–Crippen MR) is 68.6 cm³/mol. The van der Waals surface area contributed by atoms with E-state index in [0.717, 1.165) is 12.3 Å². The van der Waals surface area contributed by atoms with Gasteiger partial charge in [-0.3, -0.25) is 0 Å². The van der Waals surface area contributed by atoms with Gasteiger partial charge in [-0.15, -0.1) is 0 Å². The number of rotatable bonds is 4. The highest BCUT2D eigenvalue weighted by Crippen LogP contribution is 2.24. The summed E-state index contributed by atoms with van der Waals surface area (Å²) in [6, 6.07) is 5.32. The van der Waals surface area contributed by atoms with Gasteiger partial charge in [-0.05, 0) is 12.1 Å². The molecule has 5 nitrogen and oxygen atoms in total. The lowest BCUT2D eigenvalue weighted by Gasteiger charge is -2.09. The number of pyridine rings is 1. The average Bonchev–Trinajstić information content (AvgIpc) is 2.37. The van der Waals surface area contributed by atoms with Gasteiger partial charge in [0.2, 0.25) is 0 Å². The Kier molecular flexibility index (Phi) is 4.05. The molecule has 0 radical (unpaired) electrons. The van der Waals surface area contributed by atoms with E-state index in [1.165, 1.54) is 18.2 Å².